The Balaban J connectivity index is 1.70. The van der Waals surface area contributed by atoms with Gasteiger partial charge in [-0.05, 0) is 29.2 Å². The molecule has 0 aliphatic carbocycles. The molecule has 2 N–H and O–H groups in total. The summed E-state index contributed by atoms with van der Waals surface area (Å²) >= 11 is 0. The minimum atomic E-state index is -0.320. The summed E-state index contributed by atoms with van der Waals surface area (Å²) in [7, 11) is 1.64. The number of nitrogens with one attached hydrogen (secondary N) is 2. The minimum absolute atomic E-state index is 0.221. The van der Waals surface area contributed by atoms with E-state index in [4.69, 9.17) is 4.74 Å². The molecule has 2 aromatic heterocycles. The van der Waals surface area contributed by atoms with Gasteiger partial charge in [-0.2, -0.15) is 0 Å². The van der Waals surface area contributed by atoms with Crippen LogP contribution in [0.1, 0.15) is 32.4 Å². The van der Waals surface area contributed by atoms with E-state index in [0.29, 0.717) is 11.4 Å². The van der Waals surface area contributed by atoms with Crippen LogP contribution in [-0.2, 0) is 0 Å². The Morgan fingerprint density at radius 1 is 0.914 bits per heavy atom. The van der Waals surface area contributed by atoms with Gasteiger partial charge in [-0.1, -0.05) is 75.4 Å². The van der Waals surface area contributed by atoms with Crippen LogP contribution >= 0.6 is 0 Å². The molecule has 2 heterocycles. The van der Waals surface area contributed by atoms with Crippen molar-refractivity contribution in [3.8, 4) is 28.1 Å². The van der Waals surface area contributed by atoms with Crippen LogP contribution in [0.4, 0.5) is 10.5 Å². The van der Waals surface area contributed by atoms with E-state index in [-0.39, 0.29) is 17.5 Å². The maximum Gasteiger partial charge on any atom is 0.319 e. The summed E-state index contributed by atoms with van der Waals surface area (Å²) in [5, 5.41) is 6.15. The number of carbonyl (C=O) groups excluding carboxylic acids is 1. The summed E-state index contributed by atoms with van der Waals surface area (Å²) in [6.45, 7) is 6.25. The third-order valence-electron chi connectivity index (χ3n) is 5.78. The lowest BCUT2D eigenvalue weighted by Gasteiger charge is -2.31. The Morgan fingerprint density at radius 2 is 1.66 bits per heavy atom. The van der Waals surface area contributed by atoms with E-state index in [1.165, 1.54) is 0 Å². The molecular formula is C29H30N4O2. The van der Waals surface area contributed by atoms with Gasteiger partial charge in [-0.15, -0.1) is 0 Å². The lowest BCUT2D eigenvalue weighted by Crippen LogP contribution is -2.39. The normalized spacial score (nSPS) is 12.0. The molecule has 1 unspecified atom stereocenters. The number of benzene rings is 2. The molecule has 0 saturated carbocycles. The van der Waals surface area contributed by atoms with Crippen molar-refractivity contribution < 1.29 is 9.53 Å². The Morgan fingerprint density at radius 3 is 2.34 bits per heavy atom. The van der Waals surface area contributed by atoms with Gasteiger partial charge in [-0.25, -0.2) is 4.79 Å². The minimum Gasteiger partial charge on any atom is -0.496 e. The van der Waals surface area contributed by atoms with Gasteiger partial charge in [0.2, 0.25) is 0 Å². The number of rotatable bonds is 6. The number of pyridine rings is 2. The number of nitrogens with zero attached hydrogens (tertiary/aromatic N) is 2. The number of amides is 2. The SMILES string of the molecule is COc1ccccc1-c1cc(-c2ccccc2)ncc1NC(=O)NC(c1cccnc1)C(C)(C)C. The Hall–Kier alpha value is -4.19. The zero-order valence-corrected chi connectivity index (χ0v) is 20.4. The Bertz CT molecular complexity index is 1290. The Labute approximate surface area is 206 Å². The Kier molecular flexibility index (Phi) is 7.11. The van der Waals surface area contributed by atoms with Crippen LogP contribution in [0.25, 0.3) is 22.4 Å². The number of anilines is 1. The number of carbonyl (C=O) groups is 1. The van der Waals surface area contributed by atoms with Gasteiger partial charge in [0.05, 0.1) is 30.7 Å². The molecule has 178 valence electrons. The average Bonchev–Trinajstić information content (AvgIpc) is 2.88. The molecule has 0 aliphatic heterocycles. The summed E-state index contributed by atoms with van der Waals surface area (Å²) in [5.41, 5.74) is 4.79. The molecule has 0 saturated heterocycles. The first-order chi connectivity index (χ1) is 16.9. The summed E-state index contributed by atoms with van der Waals surface area (Å²) in [6, 6.07) is 23.0. The van der Waals surface area contributed by atoms with Crippen LogP contribution in [0.5, 0.6) is 5.75 Å². The zero-order valence-electron chi connectivity index (χ0n) is 20.4. The van der Waals surface area contributed by atoms with Crippen LogP contribution in [-0.4, -0.2) is 23.1 Å². The topological polar surface area (TPSA) is 76.1 Å². The molecular weight excluding hydrogens is 436 g/mol. The number of hydrogen-bond acceptors (Lipinski definition) is 4. The smallest absolute Gasteiger partial charge is 0.319 e. The molecule has 4 rings (SSSR count). The van der Waals surface area contributed by atoms with Crippen LogP contribution in [0.3, 0.4) is 0 Å². The molecule has 1 atom stereocenters. The predicted octanol–water partition coefficient (Wildman–Crippen LogP) is 6.73. The average molecular weight is 467 g/mol. The second-order valence-corrected chi connectivity index (χ2v) is 9.37. The summed E-state index contributed by atoms with van der Waals surface area (Å²) in [4.78, 5) is 22.1. The monoisotopic (exact) mass is 466 g/mol. The maximum atomic E-state index is 13.2. The van der Waals surface area contributed by atoms with Crippen LogP contribution in [0.2, 0.25) is 0 Å². The van der Waals surface area contributed by atoms with Crippen LogP contribution in [0.15, 0.2) is 91.4 Å². The fraction of sp³-hybridized carbons (Fsp3) is 0.207. The van der Waals surface area contributed by atoms with Gasteiger partial charge in [0.15, 0.2) is 0 Å². The summed E-state index contributed by atoms with van der Waals surface area (Å²) < 4.78 is 5.62. The lowest BCUT2D eigenvalue weighted by atomic mass is 9.83. The number of hydrogen-bond donors (Lipinski definition) is 2. The highest BCUT2D eigenvalue weighted by molar-refractivity contribution is 5.96. The first-order valence-corrected chi connectivity index (χ1v) is 11.5. The van der Waals surface area contributed by atoms with Gasteiger partial charge in [0, 0.05) is 29.1 Å². The highest BCUT2D eigenvalue weighted by atomic mass is 16.5. The van der Waals surface area contributed by atoms with Crippen molar-refractivity contribution in [3.05, 3.63) is 97.0 Å². The standard InChI is InChI=1S/C29H30N4O2/c1-29(2,3)27(21-13-10-16-30-18-21)33-28(34)32-25-19-31-24(20-11-6-5-7-12-20)17-23(25)22-14-8-9-15-26(22)35-4/h5-19,27H,1-4H3,(H2,32,33,34). The van der Waals surface area contributed by atoms with E-state index in [0.717, 1.165) is 27.9 Å². The van der Waals surface area contributed by atoms with E-state index >= 15 is 0 Å². The van der Waals surface area contributed by atoms with E-state index in [1.54, 1.807) is 25.7 Å². The molecule has 6 heteroatoms. The van der Waals surface area contributed by atoms with Crippen molar-refractivity contribution in [2.75, 3.05) is 12.4 Å². The molecule has 4 aromatic rings. The first-order valence-electron chi connectivity index (χ1n) is 11.5. The quantitative estimate of drug-likeness (QED) is 0.330. The van der Waals surface area contributed by atoms with Crippen LogP contribution in [0, 0.1) is 5.41 Å². The number of para-hydroxylation sites is 1. The second-order valence-electron chi connectivity index (χ2n) is 9.37. The molecule has 0 spiro atoms. The summed E-state index contributed by atoms with van der Waals surface area (Å²) in [6.07, 6.45) is 5.20. The highest BCUT2D eigenvalue weighted by Crippen LogP contribution is 2.37. The van der Waals surface area contributed by atoms with Crippen molar-refractivity contribution in [2.45, 2.75) is 26.8 Å². The van der Waals surface area contributed by atoms with E-state index in [2.05, 4.69) is 41.4 Å². The molecule has 35 heavy (non-hydrogen) atoms. The molecule has 0 bridgehead atoms. The van der Waals surface area contributed by atoms with E-state index < -0.39 is 0 Å². The van der Waals surface area contributed by atoms with E-state index in [1.807, 2.05) is 72.8 Å². The van der Waals surface area contributed by atoms with Crippen molar-refractivity contribution in [3.63, 3.8) is 0 Å². The predicted molar refractivity (Wildman–Crippen MR) is 140 cm³/mol. The third kappa shape index (κ3) is 5.66. The van der Waals surface area contributed by atoms with Gasteiger partial charge in [0.1, 0.15) is 5.75 Å². The number of methoxy groups -OCH3 is 1. The number of urea groups is 1. The fourth-order valence-corrected chi connectivity index (χ4v) is 4.05. The molecule has 2 amide bonds. The van der Waals surface area contributed by atoms with Crippen molar-refractivity contribution in [1.82, 2.24) is 15.3 Å². The lowest BCUT2D eigenvalue weighted by molar-refractivity contribution is 0.229. The molecule has 2 aromatic carbocycles. The molecule has 0 aliphatic rings. The van der Waals surface area contributed by atoms with E-state index in [9.17, 15) is 4.79 Å². The molecule has 6 nitrogen and oxygen atoms in total. The first kappa shape index (κ1) is 24.0. The number of ether oxygens (including phenoxy) is 1. The van der Waals surface area contributed by atoms with Crippen LogP contribution < -0.4 is 15.4 Å². The highest BCUT2D eigenvalue weighted by Gasteiger charge is 2.28. The zero-order chi connectivity index (χ0) is 24.8. The summed E-state index contributed by atoms with van der Waals surface area (Å²) in [5.74, 6) is 0.712. The van der Waals surface area contributed by atoms with Gasteiger partial charge in [0.25, 0.3) is 0 Å². The van der Waals surface area contributed by atoms with Crippen molar-refractivity contribution in [2.24, 2.45) is 5.41 Å². The molecule has 0 fully saturated rings. The van der Waals surface area contributed by atoms with Gasteiger partial charge in [-0.3, -0.25) is 9.97 Å². The third-order valence-corrected chi connectivity index (χ3v) is 5.78. The van der Waals surface area contributed by atoms with Crippen molar-refractivity contribution in [1.29, 1.82) is 0 Å². The van der Waals surface area contributed by atoms with Crippen molar-refractivity contribution >= 4 is 11.7 Å². The number of aromatic nitrogens is 2. The second kappa shape index (κ2) is 10.4. The molecule has 0 radical (unpaired) electrons. The van der Waals surface area contributed by atoms with Gasteiger partial charge >= 0.3 is 6.03 Å². The maximum absolute atomic E-state index is 13.2. The largest absolute Gasteiger partial charge is 0.496 e. The fourth-order valence-electron chi connectivity index (χ4n) is 4.05. The van der Waals surface area contributed by atoms with Gasteiger partial charge < -0.3 is 15.4 Å².